The predicted octanol–water partition coefficient (Wildman–Crippen LogP) is 6.01. The molecule has 0 aliphatic rings. The Morgan fingerprint density at radius 2 is 1.13 bits per heavy atom. The summed E-state index contributed by atoms with van der Waals surface area (Å²) in [6.45, 7) is 0.348. The van der Waals surface area contributed by atoms with E-state index < -0.39 is 0 Å². The fourth-order valence-corrected chi connectivity index (χ4v) is 3.13. The third kappa shape index (κ3) is 6.58. The minimum Gasteiger partial charge on any atom is -0.396 e. The molecule has 124 valence electrons. The molecule has 2 aromatic carbocycles. The highest BCUT2D eigenvalue weighted by molar-refractivity contribution is 5.67. The van der Waals surface area contributed by atoms with E-state index in [1.54, 1.807) is 0 Å². The van der Waals surface area contributed by atoms with Gasteiger partial charge in [-0.05, 0) is 36.0 Å². The molecule has 23 heavy (non-hydrogen) atoms. The maximum atomic E-state index is 8.75. The molecular formula is C22H30O. The van der Waals surface area contributed by atoms with E-state index >= 15 is 0 Å². The van der Waals surface area contributed by atoms with Crippen molar-refractivity contribution >= 4 is 0 Å². The molecule has 0 aromatic heterocycles. The molecule has 1 nitrogen and oxygen atoms in total. The van der Waals surface area contributed by atoms with Gasteiger partial charge in [0.15, 0.2) is 0 Å². The van der Waals surface area contributed by atoms with Gasteiger partial charge in [-0.2, -0.15) is 0 Å². The van der Waals surface area contributed by atoms with E-state index in [4.69, 9.17) is 5.11 Å². The van der Waals surface area contributed by atoms with Gasteiger partial charge in [-0.3, -0.25) is 0 Å². The first kappa shape index (κ1) is 17.7. The number of rotatable bonds is 11. The highest BCUT2D eigenvalue weighted by Crippen LogP contribution is 2.25. The minimum atomic E-state index is 0.348. The van der Waals surface area contributed by atoms with Crippen molar-refractivity contribution in [3.8, 4) is 11.1 Å². The molecule has 0 saturated carbocycles. The Bertz CT molecular complexity index is 533. The highest BCUT2D eigenvalue weighted by atomic mass is 16.2. The SMILES string of the molecule is OCCCCCCCCCCc1ccccc1-c1ccccc1. The van der Waals surface area contributed by atoms with E-state index in [1.807, 2.05) is 0 Å². The summed E-state index contributed by atoms with van der Waals surface area (Å²) >= 11 is 0. The molecule has 0 atom stereocenters. The van der Waals surface area contributed by atoms with E-state index in [-0.39, 0.29) is 0 Å². The van der Waals surface area contributed by atoms with E-state index in [9.17, 15) is 0 Å². The Balaban J connectivity index is 1.70. The Morgan fingerprint density at radius 3 is 1.83 bits per heavy atom. The molecule has 0 bridgehead atoms. The zero-order valence-electron chi connectivity index (χ0n) is 14.2. The number of unbranched alkanes of at least 4 members (excludes halogenated alkanes) is 7. The van der Waals surface area contributed by atoms with Crippen molar-refractivity contribution in [1.82, 2.24) is 0 Å². The summed E-state index contributed by atoms with van der Waals surface area (Å²) in [6, 6.07) is 19.5. The summed E-state index contributed by atoms with van der Waals surface area (Å²) in [6.07, 6.45) is 11.2. The quantitative estimate of drug-likeness (QED) is 0.504. The second-order valence-corrected chi connectivity index (χ2v) is 6.33. The van der Waals surface area contributed by atoms with Crippen LogP contribution < -0.4 is 0 Å². The molecule has 0 unspecified atom stereocenters. The van der Waals surface area contributed by atoms with Gasteiger partial charge in [0.25, 0.3) is 0 Å². The maximum Gasteiger partial charge on any atom is 0.0431 e. The van der Waals surface area contributed by atoms with Gasteiger partial charge in [-0.15, -0.1) is 0 Å². The number of aryl methyl sites for hydroxylation is 1. The molecule has 2 aromatic rings. The van der Waals surface area contributed by atoms with Crippen LogP contribution in [-0.2, 0) is 6.42 Å². The van der Waals surface area contributed by atoms with E-state index in [2.05, 4.69) is 54.6 Å². The van der Waals surface area contributed by atoms with Gasteiger partial charge in [0.2, 0.25) is 0 Å². The summed E-state index contributed by atoms with van der Waals surface area (Å²) in [7, 11) is 0. The lowest BCUT2D eigenvalue weighted by atomic mass is 9.95. The molecule has 0 aliphatic carbocycles. The number of aliphatic hydroxyl groups excluding tert-OH is 1. The van der Waals surface area contributed by atoms with Crippen LogP contribution in [0.1, 0.15) is 56.9 Å². The summed E-state index contributed by atoms with van der Waals surface area (Å²) in [5.41, 5.74) is 4.19. The molecule has 0 aliphatic heterocycles. The second kappa shape index (κ2) is 11.0. The number of hydrogen-bond donors (Lipinski definition) is 1. The molecule has 0 saturated heterocycles. The van der Waals surface area contributed by atoms with Crippen LogP contribution in [0.5, 0.6) is 0 Å². The third-order valence-corrected chi connectivity index (χ3v) is 4.46. The van der Waals surface area contributed by atoms with Crippen molar-refractivity contribution < 1.29 is 5.11 Å². The van der Waals surface area contributed by atoms with Gasteiger partial charge in [0.1, 0.15) is 0 Å². The van der Waals surface area contributed by atoms with Crippen molar-refractivity contribution in [3.63, 3.8) is 0 Å². The van der Waals surface area contributed by atoms with Gasteiger partial charge in [-0.25, -0.2) is 0 Å². The Labute approximate surface area is 141 Å². The van der Waals surface area contributed by atoms with Crippen molar-refractivity contribution in [2.45, 2.75) is 57.8 Å². The Morgan fingerprint density at radius 1 is 0.565 bits per heavy atom. The average Bonchev–Trinajstić information content (AvgIpc) is 2.61. The molecule has 0 spiro atoms. The van der Waals surface area contributed by atoms with Crippen molar-refractivity contribution in [2.75, 3.05) is 6.61 Å². The molecule has 0 fully saturated rings. The van der Waals surface area contributed by atoms with E-state index in [0.29, 0.717) is 6.61 Å². The number of aliphatic hydroxyl groups is 1. The lowest BCUT2D eigenvalue weighted by Gasteiger charge is -2.09. The average molecular weight is 310 g/mol. The first-order valence-corrected chi connectivity index (χ1v) is 9.16. The van der Waals surface area contributed by atoms with Crippen molar-refractivity contribution in [3.05, 3.63) is 60.2 Å². The largest absolute Gasteiger partial charge is 0.396 e. The first-order chi connectivity index (χ1) is 11.4. The molecule has 2 rings (SSSR count). The summed E-state index contributed by atoms with van der Waals surface area (Å²) < 4.78 is 0. The highest BCUT2D eigenvalue weighted by Gasteiger charge is 2.03. The monoisotopic (exact) mass is 310 g/mol. The lowest BCUT2D eigenvalue weighted by molar-refractivity contribution is 0.282. The zero-order chi connectivity index (χ0) is 16.2. The normalized spacial score (nSPS) is 10.8. The van der Waals surface area contributed by atoms with Gasteiger partial charge in [0, 0.05) is 6.61 Å². The van der Waals surface area contributed by atoms with Gasteiger partial charge < -0.3 is 5.11 Å². The topological polar surface area (TPSA) is 20.2 Å². The Hall–Kier alpha value is -1.60. The van der Waals surface area contributed by atoms with Crippen LogP contribution in [-0.4, -0.2) is 11.7 Å². The minimum absolute atomic E-state index is 0.348. The first-order valence-electron chi connectivity index (χ1n) is 9.16. The van der Waals surface area contributed by atoms with Gasteiger partial charge in [0.05, 0.1) is 0 Å². The van der Waals surface area contributed by atoms with Gasteiger partial charge in [-0.1, -0.05) is 93.1 Å². The van der Waals surface area contributed by atoms with Crippen molar-refractivity contribution in [2.24, 2.45) is 0 Å². The van der Waals surface area contributed by atoms with E-state index in [1.165, 1.54) is 68.1 Å². The maximum absolute atomic E-state index is 8.75. The summed E-state index contributed by atoms with van der Waals surface area (Å²) in [4.78, 5) is 0. The van der Waals surface area contributed by atoms with Crippen LogP contribution in [0.25, 0.3) is 11.1 Å². The number of benzene rings is 2. The van der Waals surface area contributed by atoms with Crippen LogP contribution in [0.4, 0.5) is 0 Å². The standard InChI is InChI=1S/C22H30O/c23-19-13-6-4-2-1-3-5-8-14-21-17-11-12-18-22(21)20-15-9-7-10-16-20/h7,9-12,15-18,23H,1-6,8,13-14,19H2. The second-order valence-electron chi connectivity index (χ2n) is 6.33. The molecule has 0 heterocycles. The van der Waals surface area contributed by atoms with E-state index in [0.717, 1.165) is 6.42 Å². The molecule has 1 heteroatoms. The van der Waals surface area contributed by atoms with Crippen LogP contribution in [0.3, 0.4) is 0 Å². The fraction of sp³-hybridized carbons (Fsp3) is 0.455. The number of hydrogen-bond acceptors (Lipinski definition) is 1. The third-order valence-electron chi connectivity index (χ3n) is 4.46. The van der Waals surface area contributed by atoms with Gasteiger partial charge >= 0.3 is 0 Å². The van der Waals surface area contributed by atoms with Crippen LogP contribution in [0, 0.1) is 0 Å². The van der Waals surface area contributed by atoms with Crippen molar-refractivity contribution in [1.29, 1.82) is 0 Å². The summed E-state index contributed by atoms with van der Waals surface area (Å²) in [5.74, 6) is 0. The predicted molar refractivity (Wildman–Crippen MR) is 99.6 cm³/mol. The molecule has 0 amide bonds. The van der Waals surface area contributed by atoms with Crippen LogP contribution in [0.15, 0.2) is 54.6 Å². The smallest absolute Gasteiger partial charge is 0.0431 e. The lowest BCUT2D eigenvalue weighted by Crippen LogP contribution is -1.91. The molecule has 0 radical (unpaired) electrons. The fourth-order valence-electron chi connectivity index (χ4n) is 3.13. The Kier molecular flexibility index (Phi) is 8.50. The van der Waals surface area contributed by atoms with Crippen LogP contribution >= 0.6 is 0 Å². The zero-order valence-corrected chi connectivity index (χ0v) is 14.2. The molecule has 1 N–H and O–H groups in total. The van der Waals surface area contributed by atoms with Crippen LogP contribution in [0.2, 0.25) is 0 Å². The summed E-state index contributed by atoms with van der Waals surface area (Å²) in [5, 5.41) is 8.75. The molecular weight excluding hydrogens is 280 g/mol.